The van der Waals surface area contributed by atoms with Crippen molar-refractivity contribution in [1.82, 2.24) is 4.90 Å². The van der Waals surface area contributed by atoms with Crippen LogP contribution in [0.15, 0.2) is 0 Å². The lowest BCUT2D eigenvalue weighted by atomic mass is 9.75. The van der Waals surface area contributed by atoms with Gasteiger partial charge in [-0.05, 0) is 68.5 Å². The van der Waals surface area contributed by atoms with Crippen molar-refractivity contribution in [2.45, 2.75) is 106 Å². The molecule has 0 N–H and O–H groups in total. The predicted octanol–water partition coefficient (Wildman–Crippen LogP) is 7.16. The third-order valence-corrected chi connectivity index (χ3v) is 6.28. The Morgan fingerprint density at radius 2 is 1.50 bits per heavy atom. The van der Waals surface area contributed by atoms with E-state index in [0.717, 1.165) is 17.8 Å². The number of hydrogen-bond donors (Lipinski definition) is 0. The first-order valence-electron chi connectivity index (χ1n) is 11.0. The molecule has 0 amide bonds. The molecule has 1 heteroatoms. The smallest absolute Gasteiger partial charge is 0.00159 e. The van der Waals surface area contributed by atoms with Gasteiger partial charge in [-0.2, -0.15) is 0 Å². The largest absolute Gasteiger partial charge is 0.303 e. The summed E-state index contributed by atoms with van der Waals surface area (Å²) in [4.78, 5) is 2.72. The first-order chi connectivity index (χ1) is 11.3. The van der Waals surface area contributed by atoms with Gasteiger partial charge in [0.25, 0.3) is 0 Å². The zero-order chi connectivity index (χ0) is 18.0. The number of rotatable bonds is 11. The summed E-state index contributed by atoms with van der Waals surface area (Å²) in [6, 6.07) is 0. The topological polar surface area (TPSA) is 3.24 Å². The van der Waals surface area contributed by atoms with Crippen LogP contribution in [0.25, 0.3) is 0 Å². The molecule has 0 radical (unpaired) electrons. The highest BCUT2D eigenvalue weighted by molar-refractivity contribution is 4.80. The fraction of sp³-hybridized carbons (Fsp3) is 1.00. The van der Waals surface area contributed by atoms with E-state index in [0.29, 0.717) is 5.41 Å². The molecule has 1 heterocycles. The summed E-state index contributed by atoms with van der Waals surface area (Å²) in [7, 11) is 0. The maximum absolute atomic E-state index is 2.72. The molecule has 1 atom stereocenters. The molecule has 0 spiro atoms. The molecule has 1 rings (SSSR count). The lowest BCUT2D eigenvalue weighted by Gasteiger charge is -2.38. The molecule has 24 heavy (non-hydrogen) atoms. The molecule has 144 valence electrons. The normalized spacial score (nSPS) is 19.1. The van der Waals surface area contributed by atoms with Gasteiger partial charge in [0.05, 0.1) is 0 Å². The fourth-order valence-electron chi connectivity index (χ4n) is 4.48. The van der Waals surface area contributed by atoms with Crippen molar-refractivity contribution < 1.29 is 0 Å². The van der Waals surface area contributed by atoms with Crippen molar-refractivity contribution in [1.29, 1.82) is 0 Å². The molecule has 1 saturated heterocycles. The van der Waals surface area contributed by atoms with Gasteiger partial charge in [0.1, 0.15) is 0 Å². The van der Waals surface area contributed by atoms with Crippen LogP contribution in [0.5, 0.6) is 0 Å². The van der Waals surface area contributed by atoms with Crippen molar-refractivity contribution in [3.63, 3.8) is 0 Å². The van der Waals surface area contributed by atoms with Gasteiger partial charge < -0.3 is 4.90 Å². The molecule has 1 aliphatic rings. The molecule has 0 aromatic heterocycles. The Morgan fingerprint density at radius 3 is 2.04 bits per heavy atom. The molecule has 1 unspecified atom stereocenters. The minimum atomic E-state index is 0.512. The molecular formula is C23H47N. The molecule has 0 bridgehead atoms. The van der Waals surface area contributed by atoms with Gasteiger partial charge in [0, 0.05) is 0 Å². The summed E-state index contributed by atoms with van der Waals surface area (Å²) in [5, 5.41) is 0. The zero-order valence-electron chi connectivity index (χ0n) is 17.9. The maximum Gasteiger partial charge on any atom is -0.00159 e. The minimum Gasteiger partial charge on any atom is -0.303 e. The molecule has 1 aliphatic heterocycles. The number of unbranched alkanes of at least 4 members (excludes halogenated alkanes) is 4. The molecular weight excluding hydrogens is 290 g/mol. The second-order valence-electron chi connectivity index (χ2n) is 9.94. The Hall–Kier alpha value is -0.0400. The van der Waals surface area contributed by atoms with Crippen LogP contribution in [0.2, 0.25) is 0 Å². The number of likely N-dealkylation sites (tertiary alicyclic amines) is 1. The van der Waals surface area contributed by atoms with Gasteiger partial charge in [0.15, 0.2) is 0 Å². The summed E-state index contributed by atoms with van der Waals surface area (Å²) in [6.45, 7) is 18.4. The lowest BCUT2D eigenvalue weighted by Crippen LogP contribution is -2.38. The Kier molecular flexibility index (Phi) is 10.6. The minimum absolute atomic E-state index is 0.512. The van der Waals surface area contributed by atoms with Crippen LogP contribution < -0.4 is 0 Å². The van der Waals surface area contributed by atoms with E-state index in [1.54, 1.807) is 0 Å². The van der Waals surface area contributed by atoms with E-state index in [9.17, 15) is 0 Å². The maximum atomic E-state index is 2.72. The van der Waals surface area contributed by atoms with Gasteiger partial charge in [-0.15, -0.1) is 0 Å². The molecule has 0 saturated carbocycles. The van der Waals surface area contributed by atoms with Crippen molar-refractivity contribution in [2.75, 3.05) is 19.6 Å². The number of hydrogen-bond acceptors (Lipinski definition) is 1. The standard InChI is InChI=1S/C23H47N/c1-7-21(19-20(2)3)13-11-9-8-10-12-16-24-17-14-22(15-18-24)23(4,5)6/h20-22H,7-19H2,1-6H3. The lowest BCUT2D eigenvalue weighted by molar-refractivity contribution is 0.111. The summed E-state index contributed by atoms with van der Waals surface area (Å²) in [5.74, 6) is 2.79. The van der Waals surface area contributed by atoms with E-state index in [1.165, 1.54) is 83.8 Å². The summed E-state index contributed by atoms with van der Waals surface area (Å²) >= 11 is 0. The average molecular weight is 338 g/mol. The van der Waals surface area contributed by atoms with Crippen LogP contribution in [0.4, 0.5) is 0 Å². The molecule has 0 aromatic carbocycles. The quantitative estimate of drug-likeness (QED) is 0.362. The third kappa shape index (κ3) is 9.44. The van der Waals surface area contributed by atoms with Gasteiger partial charge >= 0.3 is 0 Å². The molecule has 1 nitrogen and oxygen atoms in total. The summed E-state index contributed by atoms with van der Waals surface area (Å²) < 4.78 is 0. The van der Waals surface area contributed by atoms with Crippen LogP contribution in [0, 0.1) is 23.2 Å². The Morgan fingerprint density at radius 1 is 0.917 bits per heavy atom. The Balaban J connectivity index is 1.98. The van der Waals surface area contributed by atoms with Crippen LogP contribution in [0.1, 0.15) is 106 Å². The summed E-state index contributed by atoms with van der Waals surface area (Å²) in [5.41, 5.74) is 0.512. The van der Waals surface area contributed by atoms with E-state index >= 15 is 0 Å². The fourth-order valence-corrected chi connectivity index (χ4v) is 4.48. The second kappa shape index (κ2) is 11.6. The van der Waals surface area contributed by atoms with Crippen LogP contribution in [-0.4, -0.2) is 24.5 Å². The van der Waals surface area contributed by atoms with E-state index in [-0.39, 0.29) is 0 Å². The number of nitrogens with zero attached hydrogens (tertiary/aromatic N) is 1. The highest BCUT2D eigenvalue weighted by Crippen LogP contribution is 2.34. The van der Waals surface area contributed by atoms with E-state index in [2.05, 4.69) is 46.4 Å². The van der Waals surface area contributed by atoms with Crippen molar-refractivity contribution >= 4 is 0 Å². The Labute approximate surface area is 154 Å². The van der Waals surface area contributed by atoms with Crippen molar-refractivity contribution in [3.8, 4) is 0 Å². The van der Waals surface area contributed by atoms with Crippen molar-refractivity contribution in [3.05, 3.63) is 0 Å². The van der Waals surface area contributed by atoms with Crippen LogP contribution in [-0.2, 0) is 0 Å². The van der Waals surface area contributed by atoms with E-state index in [4.69, 9.17) is 0 Å². The second-order valence-corrected chi connectivity index (χ2v) is 9.94. The third-order valence-electron chi connectivity index (χ3n) is 6.28. The van der Waals surface area contributed by atoms with E-state index in [1.807, 2.05) is 0 Å². The van der Waals surface area contributed by atoms with E-state index < -0.39 is 0 Å². The Bertz CT molecular complexity index is 294. The monoisotopic (exact) mass is 337 g/mol. The summed E-state index contributed by atoms with van der Waals surface area (Å²) in [6.07, 6.45) is 14.3. The SMILES string of the molecule is CCC(CCCCCCCN1CCC(C(C)(C)C)CC1)CC(C)C. The van der Waals surface area contributed by atoms with Gasteiger partial charge in [-0.25, -0.2) is 0 Å². The highest BCUT2D eigenvalue weighted by atomic mass is 15.1. The highest BCUT2D eigenvalue weighted by Gasteiger charge is 2.28. The van der Waals surface area contributed by atoms with Gasteiger partial charge in [-0.3, -0.25) is 0 Å². The zero-order valence-corrected chi connectivity index (χ0v) is 17.9. The van der Waals surface area contributed by atoms with Crippen LogP contribution in [0.3, 0.4) is 0 Å². The van der Waals surface area contributed by atoms with Gasteiger partial charge in [-0.1, -0.05) is 80.1 Å². The molecule has 0 aromatic rings. The first kappa shape index (κ1) is 22.0. The first-order valence-corrected chi connectivity index (χ1v) is 11.0. The molecule has 0 aliphatic carbocycles. The number of piperidine rings is 1. The van der Waals surface area contributed by atoms with Gasteiger partial charge in [0.2, 0.25) is 0 Å². The molecule has 1 fully saturated rings. The van der Waals surface area contributed by atoms with Crippen LogP contribution >= 0.6 is 0 Å². The predicted molar refractivity (Wildman–Crippen MR) is 110 cm³/mol. The van der Waals surface area contributed by atoms with Crippen molar-refractivity contribution in [2.24, 2.45) is 23.2 Å². The average Bonchev–Trinajstić information content (AvgIpc) is 2.52.